The molecule has 0 aliphatic heterocycles. The van der Waals surface area contributed by atoms with E-state index in [1.54, 1.807) is 0 Å². The van der Waals surface area contributed by atoms with Crippen LogP contribution >= 0.6 is 0 Å². The smallest absolute Gasteiger partial charge is 0.0725 e. The van der Waals surface area contributed by atoms with Crippen molar-refractivity contribution in [3.05, 3.63) is 294 Å². The van der Waals surface area contributed by atoms with Gasteiger partial charge in [0.15, 0.2) is 0 Å². The van der Waals surface area contributed by atoms with Gasteiger partial charge in [0, 0.05) is 22.2 Å². The summed E-state index contributed by atoms with van der Waals surface area (Å²) in [5.41, 5.74) is 28.5. The van der Waals surface area contributed by atoms with Gasteiger partial charge in [-0.25, -0.2) is 0 Å². The average Bonchev–Trinajstić information content (AvgIpc) is 4.00. The van der Waals surface area contributed by atoms with Crippen LogP contribution in [0.15, 0.2) is 261 Å². The lowest BCUT2D eigenvalue weighted by Gasteiger charge is -2.31. The summed E-state index contributed by atoms with van der Waals surface area (Å²) in [6.45, 7) is 4.73. The molecule has 11 aromatic carbocycles. The van der Waals surface area contributed by atoms with Gasteiger partial charge < -0.3 is 4.90 Å². The SMILES string of the molecule is CC1(C)c2ccccc2-c2c(-c3ccccc3N(c3ccc(-c4ccc5c(c4)-c4ccccc4C54c5ccccc5-c5ccccc54)cc3)c3ccccc3-c3ccccc3-c3ccccc3)cccc21. The van der Waals surface area contributed by atoms with Crippen LogP contribution in [0.25, 0.3) is 77.9 Å². The average molecular weight is 904 g/mol. The van der Waals surface area contributed by atoms with E-state index in [0.29, 0.717) is 0 Å². The van der Waals surface area contributed by atoms with Crippen LogP contribution in [0, 0.1) is 0 Å². The summed E-state index contributed by atoms with van der Waals surface area (Å²) in [5, 5.41) is 0. The minimum absolute atomic E-state index is 0.119. The fourth-order valence-electron chi connectivity index (χ4n) is 12.8. The van der Waals surface area contributed by atoms with E-state index in [2.05, 4.69) is 280 Å². The minimum atomic E-state index is -0.362. The molecule has 0 amide bonds. The zero-order valence-electron chi connectivity index (χ0n) is 39.8. The lowest BCUT2D eigenvalue weighted by Crippen LogP contribution is -2.25. The van der Waals surface area contributed by atoms with Crippen molar-refractivity contribution in [3.63, 3.8) is 0 Å². The number of anilines is 3. The Morgan fingerprint density at radius 3 is 1.30 bits per heavy atom. The minimum Gasteiger partial charge on any atom is -0.309 e. The van der Waals surface area contributed by atoms with E-state index in [1.807, 2.05) is 0 Å². The molecule has 0 bridgehead atoms. The fourth-order valence-corrected chi connectivity index (χ4v) is 12.8. The topological polar surface area (TPSA) is 3.24 Å². The summed E-state index contributed by atoms with van der Waals surface area (Å²) >= 11 is 0. The molecule has 0 saturated carbocycles. The van der Waals surface area contributed by atoms with Crippen LogP contribution in [0.1, 0.15) is 47.2 Å². The Kier molecular flexibility index (Phi) is 9.22. The molecule has 1 nitrogen and oxygen atoms in total. The Morgan fingerprint density at radius 2 is 0.676 bits per heavy atom. The number of para-hydroxylation sites is 2. The molecule has 0 radical (unpaired) electrons. The van der Waals surface area contributed by atoms with Gasteiger partial charge in [-0.05, 0) is 130 Å². The maximum Gasteiger partial charge on any atom is 0.0725 e. The first-order valence-corrected chi connectivity index (χ1v) is 24.9. The van der Waals surface area contributed by atoms with Crippen molar-refractivity contribution >= 4 is 17.1 Å². The molecule has 0 aromatic heterocycles. The second-order valence-corrected chi connectivity index (χ2v) is 19.9. The molecular formula is C70H49N. The van der Waals surface area contributed by atoms with E-state index < -0.39 is 0 Å². The molecule has 1 spiro atoms. The number of nitrogens with zero attached hydrogens (tertiary/aromatic N) is 1. The predicted octanol–water partition coefficient (Wildman–Crippen LogP) is 18.5. The van der Waals surface area contributed by atoms with E-state index in [4.69, 9.17) is 0 Å². The van der Waals surface area contributed by atoms with Crippen LogP contribution < -0.4 is 4.90 Å². The molecule has 3 aliphatic rings. The van der Waals surface area contributed by atoms with Gasteiger partial charge in [0.05, 0.1) is 16.8 Å². The second-order valence-electron chi connectivity index (χ2n) is 19.9. The Hall–Kier alpha value is -8.78. The van der Waals surface area contributed by atoms with Crippen LogP contribution in [0.4, 0.5) is 17.1 Å². The lowest BCUT2D eigenvalue weighted by molar-refractivity contribution is 0.660. The highest BCUT2D eigenvalue weighted by Gasteiger charge is 2.51. The molecule has 1 heteroatoms. The highest BCUT2D eigenvalue weighted by molar-refractivity contribution is 6.01. The Bertz CT molecular complexity index is 3870. The van der Waals surface area contributed by atoms with Crippen molar-refractivity contribution in [2.45, 2.75) is 24.7 Å². The predicted molar refractivity (Wildman–Crippen MR) is 297 cm³/mol. The number of hydrogen-bond acceptors (Lipinski definition) is 1. The maximum atomic E-state index is 2.50. The molecular weight excluding hydrogens is 855 g/mol. The maximum absolute atomic E-state index is 2.50. The summed E-state index contributed by atoms with van der Waals surface area (Å²) in [7, 11) is 0. The Balaban J connectivity index is 0.946. The van der Waals surface area contributed by atoms with Crippen molar-refractivity contribution < 1.29 is 0 Å². The van der Waals surface area contributed by atoms with Gasteiger partial charge >= 0.3 is 0 Å². The largest absolute Gasteiger partial charge is 0.309 e. The molecule has 0 fully saturated rings. The number of fused-ring (bicyclic) bond motifs is 13. The number of benzene rings is 11. The quantitative estimate of drug-likeness (QED) is 0.154. The third-order valence-corrected chi connectivity index (χ3v) is 15.9. The van der Waals surface area contributed by atoms with Crippen molar-refractivity contribution in [2.24, 2.45) is 0 Å². The van der Waals surface area contributed by atoms with Crippen molar-refractivity contribution in [1.82, 2.24) is 0 Å². The summed E-state index contributed by atoms with van der Waals surface area (Å²) in [6, 6.07) is 97.1. The van der Waals surface area contributed by atoms with Gasteiger partial charge in [0.25, 0.3) is 0 Å². The lowest BCUT2D eigenvalue weighted by atomic mass is 9.70. The highest BCUT2D eigenvalue weighted by Crippen LogP contribution is 2.63. The fraction of sp³-hybridized carbons (Fsp3) is 0.0571. The number of rotatable bonds is 7. The van der Waals surface area contributed by atoms with E-state index in [1.165, 1.54) is 106 Å². The Morgan fingerprint density at radius 1 is 0.254 bits per heavy atom. The molecule has 334 valence electrons. The first-order chi connectivity index (χ1) is 35.0. The second kappa shape index (κ2) is 15.9. The molecule has 0 heterocycles. The molecule has 0 unspecified atom stereocenters. The summed E-state index contributed by atoms with van der Waals surface area (Å²) < 4.78 is 0. The van der Waals surface area contributed by atoms with Crippen LogP contribution in [-0.4, -0.2) is 0 Å². The van der Waals surface area contributed by atoms with Crippen molar-refractivity contribution in [2.75, 3.05) is 4.90 Å². The molecule has 0 N–H and O–H groups in total. The Labute approximate surface area is 416 Å². The molecule has 3 aliphatic carbocycles. The number of hydrogen-bond donors (Lipinski definition) is 0. The van der Waals surface area contributed by atoms with Crippen LogP contribution in [0.5, 0.6) is 0 Å². The van der Waals surface area contributed by atoms with Crippen molar-refractivity contribution in [1.29, 1.82) is 0 Å². The highest BCUT2D eigenvalue weighted by atomic mass is 15.1. The monoisotopic (exact) mass is 903 g/mol. The first-order valence-electron chi connectivity index (χ1n) is 24.9. The molecule has 14 rings (SSSR count). The molecule has 0 saturated heterocycles. The third-order valence-electron chi connectivity index (χ3n) is 15.9. The first kappa shape index (κ1) is 41.2. The zero-order chi connectivity index (χ0) is 47.3. The summed E-state index contributed by atoms with van der Waals surface area (Å²) in [5.74, 6) is 0. The normalized spacial score (nSPS) is 13.7. The zero-order valence-corrected chi connectivity index (χ0v) is 39.8. The van der Waals surface area contributed by atoms with Crippen molar-refractivity contribution in [3.8, 4) is 77.9 Å². The molecule has 0 atom stereocenters. The van der Waals surface area contributed by atoms with Crippen LogP contribution in [0.3, 0.4) is 0 Å². The van der Waals surface area contributed by atoms with E-state index >= 15 is 0 Å². The molecule has 11 aromatic rings. The summed E-state index contributed by atoms with van der Waals surface area (Å²) in [4.78, 5) is 2.50. The standard InChI is InChI=1S/C70H49N/c1-69(2)60-32-14-11-30-58(60)68-57(31-20-36-65(68)69)56-29-13-19-38-67(56)71(66-37-18-12-28-55(66)51-24-7-6-23-50(51)47-21-4-3-5-22-47)49-42-39-46(40-43-49)48-41-44-64-59(45-48)54-27-10-17-35-63(54)70(64)61-33-15-8-25-52(61)53-26-9-16-34-62(53)70/h3-45H,1-2H3. The molecule has 71 heavy (non-hydrogen) atoms. The van der Waals surface area contributed by atoms with Crippen LogP contribution in [0.2, 0.25) is 0 Å². The summed E-state index contributed by atoms with van der Waals surface area (Å²) in [6.07, 6.45) is 0. The van der Waals surface area contributed by atoms with Crippen LogP contribution in [-0.2, 0) is 10.8 Å². The van der Waals surface area contributed by atoms with Gasteiger partial charge in [-0.3, -0.25) is 0 Å². The van der Waals surface area contributed by atoms with E-state index in [9.17, 15) is 0 Å². The van der Waals surface area contributed by atoms with Gasteiger partial charge in [-0.15, -0.1) is 0 Å². The van der Waals surface area contributed by atoms with E-state index in [-0.39, 0.29) is 10.8 Å². The van der Waals surface area contributed by atoms with Gasteiger partial charge in [0.1, 0.15) is 0 Å². The van der Waals surface area contributed by atoms with Gasteiger partial charge in [-0.2, -0.15) is 0 Å². The van der Waals surface area contributed by atoms with Gasteiger partial charge in [-0.1, -0.05) is 244 Å². The third kappa shape index (κ3) is 6.00. The van der Waals surface area contributed by atoms with E-state index in [0.717, 1.165) is 22.6 Å². The van der Waals surface area contributed by atoms with Gasteiger partial charge in [0.2, 0.25) is 0 Å².